The van der Waals surface area contributed by atoms with Crippen molar-refractivity contribution in [2.75, 3.05) is 0 Å². The highest BCUT2D eigenvalue weighted by Crippen LogP contribution is 2.23. The number of aromatic nitrogens is 2. The zero-order chi connectivity index (χ0) is 13.9. The Balaban J connectivity index is 1.63. The highest BCUT2D eigenvalue weighted by atomic mass is 16.1. The van der Waals surface area contributed by atoms with Gasteiger partial charge in [-0.25, -0.2) is 4.98 Å². The first kappa shape index (κ1) is 13.2. The number of carbonyl (C=O) groups is 1. The number of hydrogen-bond acceptors (Lipinski definition) is 2. The quantitative estimate of drug-likeness (QED) is 0.932. The van der Waals surface area contributed by atoms with Crippen LogP contribution in [0.3, 0.4) is 0 Å². The lowest BCUT2D eigenvalue weighted by Gasteiger charge is -2.29. The highest BCUT2D eigenvalue weighted by molar-refractivity contribution is 5.78. The van der Waals surface area contributed by atoms with Gasteiger partial charge in [0.25, 0.3) is 0 Å². The standard InChI is InChI=1S/C16H21N3O/c1-12-6-2-3-7-14(12)18-16(20)10-13-11-19-9-5-4-8-15(19)17-13/h4-5,8-9,11-12,14H,2-3,6-7,10H2,1H3,(H,18,20). The fourth-order valence-electron chi connectivity index (χ4n) is 3.03. The molecule has 0 aromatic carbocycles. The Bertz CT molecular complexity index is 572. The van der Waals surface area contributed by atoms with Gasteiger partial charge < -0.3 is 9.72 Å². The van der Waals surface area contributed by atoms with Crippen molar-refractivity contribution in [3.05, 3.63) is 36.3 Å². The summed E-state index contributed by atoms with van der Waals surface area (Å²) in [5, 5.41) is 3.17. The summed E-state index contributed by atoms with van der Waals surface area (Å²) in [6.07, 6.45) is 9.10. The van der Waals surface area contributed by atoms with Crippen molar-refractivity contribution >= 4 is 11.6 Å². The fourth-order valence-corrected chi connectivity index (χ4v) is 3.03. The summed E-state index contributed by atoms with van der Waals surface area (Å²) in [6, 6.07) is 6.20. The van der Waals surface area contributed by atoms with E-state index in [1.165, 1.54) is 19.3 Å². The predicted molar refractivity (Wildman–Crippen MR) is 78.5 cm³/mol. The average molecular weight is 271 g/mol. The van der Waals surface area contributed by atoms with Gasteiger partial charge in [-0.15, -0.1) is 0 Å². The summed E-state index contributed by atoms with van der Waals surface area (Å²) in [7, 11) is 0. The molecular formula is C16H21N3O. The van der Waals surface area contributed by atoms with Crippen LogP contribution < -0.4 is 5.32 Å². The van der Waals surface area contributed by atoms with Crippen molar-refractivity contribution in [2.24, 2.45) is 5.92 Å². The van der Waals surface area contributed by atoms with Gasteiger partial charge in [-0.3, -0.25) is 4.79 Å². The molecule has 3 rings (SSSR count). The molecule has 0 saturated heterocycles. The number of nitrogens with one attached hydrogen (secondary N) is 1. The normalized spacial score (nSPS) is 22.9. The van der Waals surface area contributed by atoms with Gasteiger partial charge in [0.1, 0.15) is 5.65 Å². The second kappa shape index (κ2) is 5.65. The van der Waals surface area contributed by atoms with Crippen molar-refractivity contribution in [1.29, 1.82) is 0 Å². The molecule has 1 fully saturated rings. The van der Waals surface area contributed by atoms with E-state index in [9.17, 15) is 4.79 Å². The molecule has 4 nitrogen and oxygen atoms in total. The number of amides is 1. The largest absolute Gasteiger partial charge is 0.353 e. The van der Waals surface area contributed by atoms with E-state index in [0.29, 0.717) is 18.4 Å². The molecule has 1 N–H and O–H groups in total. The molecule has 1 aliphatic rings. The molecule has 2 aromatic heterocycles. The number of hydrogen-bond donors (Lipinski definition) is 1. The lowest BCUT2D eigenvalue weighted by atomic mass is 9.86. The summed E-state index contributed by atoms with van der Waals surface area (Å²) < 4.78 is 1.95. The van der Waals surface area contributed by atoms with Crippen LogP contribution in [0, 0.1) is 5.92 Å². The van der Waals surface area contributed by atoms with Crippen LogP contribution >= 0.6 is 0 Å². The number of nitrogens with zero attached hydrogens (tertiary/aromatic N) is 2. The van der Waals surface area contributed by atoms with Gasteiger partial charge >= 0.3 is 0 Å². The SMILES string of the molecule is CC1CCCCC1NC(=O)Cc1cn2ccccc2n1. The summed E-state index contributed by atoms with van der Waals surface area (Å²) in [4.78, 5) is 16.6. The minimum atomic E-state index is 0.0900. The number of fused-ring (bicyclic) bond motifs is 1. The van der Waals surface area contributed by atoms with Crippen LogP contribution in [0.2, 0.25) is 0 Å². The second-order valence-electron chi connectivity index (χ2n) is 5.81. The van der Waals surface area contributed by atoms with Crippen molar-refractivity contribution in [3.63, 3.8) is 0 Å². The molecule has 1 aliphatic carbocycles. The van der Waals surface area contributed by atoms with E-state index in [4.69, 9.17) is 0 Å². The maximum atomic E-state index is 12.1. The van der Waals surface area contributed by atoms with Gasteiger partial charge in [-0.05, 0) is 30.9 Å². The minimum Gasteiger partial charge on any atom is -0.353 e. The number of carbonyl (C=O) groups excluding carboxylic acids is 1. The van der Waals surface area contributed by atoms with Gasteiger partial charge in [0, 0.05) is 18.4 Å². The Morgan fingerprint density at radius 2 is 2.25 bits per heavy atom. The molecule has 2 aromatic rings. The van der Waals surface area contributed by atoms with Gasteiger partial charge in [-0.1, -0.05) is 25.8 Å². The second-order valence-corrected chi connectivity index (χ2v) is 5.81. The summed E-state index contributed by atoms with van der Waals surface area (Å²) in [5.74, 6) is 0.681. The topological polar surface area (TPSA) is 46.4 Å². The predicted octanol–water partition coefficient (Wildman–Crippen LogP) is 2.57. The molecular weight excluding hydrogens is 250 g/mol. The summed E-state index contributed by atoms with van der Waals surface area (Å²) in [6.45, 7) is 2.23. The number of rotatable bonds is 3. The molecule has 4 heteroatoms. The van der Waals surface area contributed by atoms with Crippen LogP contribution in [0.5, 0.6) is 0 Å². The number of imidazole rings is 1. The third kappa shape index (κ3) is 2.84. The van der Waals surface area contributed by atoms with E-state index >= 15 is 0 Å². The number of pyridine rings is 1. The Labute approximate surface area is 119 Å². The summed E-state index contributed by atoms with van der Waals surface area (Å²) >= 11 is 0. The molecule has 2 atom stereocenters. The van der Waals surface area contributed by atoms with Crippen LogP contribution in [0.15, 0.2) is 30.6 Å². The van der Waals surface area contributed by atoms with Gasteiger partial charge in [0.2, 0.25) is 5.91 Å². The molecule has 1 saturated carbocycles. The van der Waals surface area contributed by atoms with E-state index in [0.717, 1.165) is 17.8 Å². The van der Waals surface area contributed by atoms with Crippen molar-refractivity contribution in [1.82, 2.24) is 14.7 Å². The first-order valence-electron chi connectivity index (χ1n) is 7.44. The highest BCUT2D eigenvalue weighted by Gasteiger charge is 2.22. The van der Waals surface area contributed by atoms with Gasteiger partial charge in [-0.2, -0.15) is 0 Å². The Hall–Kier alpha value is -1.84. The zero-order valence-corrected chi connectivity index (χ0v) is 11.9. The molecule has 1 amide bonds. The van der Waals surface area contributed by atoms with Crippen LogP contribution in [-0.4, -0.2) is 21.3 Å². The molecule has 0 radical (unpaired) electrons. The third-order valence-electron chi connectivity index (χ3n) is 4.21. The van der Waals surface area contributed by atoms with Crippen LogP contribution in [-0.2, 0) is 11.2 Å². The first-order chi connectivity index (χ1) is 9.72. The van der Waals surface area contributed by atoms with Crippen molar-refractivity contribution in [3.8, 4) is 0 Å². The smallest absolute Gasteiger partial charge is 0.226 e. The van der Waals surface area contributed by atoms with Gasteiger partial charge in [0.15, 0.2) is 0 Å². The lowest BCUT2D eigenvalue weighted by Crippen LogP contribution is -2.41. The maximum Gasteiger partial charge on any atom is 0.226 e. The van der Waals surface area contributed by atoms with E-state index in [-0.39, 0.29) is 5.91 Å². The van der Waals surface area contributed by atoms with Gasteiger partial charge in [0.05, 0.1) is 12.1 Å². The van der Waals surface area contributed by atoms with E-state index in [1.807, 2.05) is 35.0 Å². The fraction of sp³-hybridized carbons (Fsp3) is 0.500. The van der Waals surface area contributed by atoms with E-state index < -0.39 is 0 Å². The Morgan fingerprint density at radius 3 is 3.05 bits per heavy atom. The molecule has 106 valence electrons. The monoisotopic (exact) mass is 271 g/mol. The summed E-state index contributed by atoms with van der Waals surface area (Å²) in [5.41, 5.74) is 1.72. The van der Waals surface area contributed by atoms with Crippen molar-refractivity contribution < 1.29 is 4.79 Å². The first-order valence-corrected chi connectivity index (χ1v) is 7.44. The lowest BCUT2D eigenvalue weighted by molar-refractivity contribution is -0.121. The third-order valence-corrected chi connectivity index (χ3v) is 4.21. The Morgan fingerprint density at radius 1 is 1.40 bits per heavy atom. The zero-order valence-electron chi connectivity index (χ0n) is 11.9. The Kier molecular flexibility index (Phi) is 3.72. The molecule has 0 aliphatic heterocycles. The van der Waals surface area contributed by atoms with Crippen LogP contribution in [0.4, 0.5) is 0 Å². The molecule has 0 bridgehead atoms. The van der Waals surface area contributed by atoms with Crippen LogP contribution in [0.25, 0.3) is 5.65 Å². The molecule has 2 heterocycles. The average Bonchev–Trinajstić information content (AvgIpc) is 2.83. The van der Waals surface area contributed by atoms with Crippen molar-refractivity contribution in [2.45, 2.75) is 45.1 Å². The molecule has 20 heavy (non-hydrogen) atoms. The maximum absolute atomic E-state index is 12.1. The van der Waals surface area contributed by atoms with E-state index in [1.54, 1.807) is 0 Å². The molecule has 0 spiro atoms. The minimum absolute atomic E-state index is 0.0900. The van der Waals surface area contributed by atoms with Crippen LogP contribution in [0.1, 0.15) is 38.3 Å². The molecule has 2 unspecified atom stereocenters. The van der Waals surface area contributed by atoms with E-state index in [2.05, 4.69) is 17.2 Å².